The molecule has 0 aromatic carbocycles. The molecule has 2 heterocycles. The van der Waals surface area contributed by atoms with E-state index < -0.39 is 13.9 Å². The number of halogens is 1. The summed E-state index contributed by atoms with van der Waals surface area (Å²) >= 11 is 3.48. The molecule has 0 spiro atoms. The molecule has 0 aliphatic carbocycles. The topological polar surface area (TPSA) is 72.0 Å². The standard InChI is InChI=1S/C25H40BrN3O4Si/c1-18(30)28(22-19(26)12-10-15-27-22)16-11-13-20-21(33-34(8,9)25(5,6)7)14-17-29(20)23(31)32-24(2,3)4/h10-13,15,20-21H,14,16-17H2,1-9H3. The smallest absolute Gasteiger partial charge is 0.410 e. The zero-order valence-electron chi connectivity index (χ0n) is 22.0. The number of hydrogen-bond donors (Lipinski definition) is 0. The first-order valence-electron chi connectivity index (χ1n) is 11.8. The van der Waals surface area contributed by atoms with Gasteiger partial charge in [0, 0.05) is 26.2 Å². The Balaban J connectivity index is 2.30. The van der Waals surface area contributed by atoms with Crippen molar-refractivity contribution in [3.05, 3.63) is 35.0 Å². The first-order chi connectivity index (χ1) is 15.5. The zero-order valence-corrected chi connectivity index (χ0v) is 24.6. The lowest BCUT2D eigenvalue weighted by Crippen LogP contribution is -2.48. The van der Waals surface area contributed by atoms with Gasteiger partial charge in [-0.2, -0.15) is 0 Å². The lowest BCUT2D eigenvalue weighted by atomic mass is 10.1. The van der Waals surface area contributed by atoms with E-state index in [9.17, 15) is 9.59 Å². The Hall–Kier alpha value is -1.71. The molecule has 1 aromatic rings. The van der Waals surface area contributed by atoms with E-state index in [0.29, 0.717) is 18.9 Å². The molecule has 2 atom stereocenters. The molecule has 0 N–H and O–H groups in total. The van der Waals surface area contributed by atoms with Crippen LogP contribution in [0, 0.1) is 0 Å². The third-order valence-electron chi connectivity index (χ3n) is 6.27. The Labute approximate surface area is 214 Å². The third kappa shape index (κ3) is 7.39. The normalized spacial score (nSPS) is 19.5. The van der Waals surface area contributed by atoms with Crippen LogP contribution in [-0.2, 0) is 14.0 Å². The fourth-order valence-corrected chi connectivity index (χ4v) is 5.31. The maximum absolute atomic E-state index is 13.0. The van der Waals surface area contributed by atoms with E-state index in [4.69, 9.17) is 9.16 Å². The lowest BCUT2D eigenvalue weighted by molar-refractivity contribution is -0.116. The number of nitrogens with zero attached hydrogens (tertiary/aromatic N) is 3. The van der Waals surface area contributed by atoms with Crippen LogP contribution in [0.15, 0.2) is 35.0 Å². The molecule has 0 bridgehead atoms. The van der Waals surface area contributed by atoms with Crippen LogP contribution >= 0.6 is 15.9 Å². The van der Waals surface area contributed by atoms with Gasteiger partial charge in [0.1, 0.15) is 11.4 Å². The van der Waals surface area contributed by atoms with Gasteiger partial charge in [0.15, 0.2) is 8.32 Å². The van der Waals surface area contributed by atoms with Crippen LogP contribution in [-0.4, -0.2) is 61.0 Å². The van der Waals surface area contributed by atoms with Gasteiger partial charge in [-0.3, -0.25) is 14.6 Å². The molecule has 0 saturated carbocycles. The number of ether oxygens (including phenoxy) is 1. The molecule has 1 aliphatic heterocycles. The summed E-state index contributed by atoms with van der Waals surface area (Å²) in [7, 11) is -2.06. The third-order valence-corrected chi connectivity index (χ3v) is 11.4. The summed E-state index contributed by atoms with van der Waals surface area (Å²) in [6.07, 6.45) is 5.81. The van der Waals surface area contributed by atoms with Crippen LogP contribution in [0.2, 0.25) is 18.1 Å². The number of carbonyl (C=O) groups is 2. The van der Waals surface area contributed by atoms with Gasteiger partial charge in [0.2, 0.25) is 5.91 Å². The van der Waals surface area contributed by atoms with E-state index in [-0.39, 0.29) is 29.2 Å². The Morgan fingerprint density at radius 3 is 2.44 bits per heavy atom. The van der Waals surface area contributed by atoms with Crippen molar-refractivity contribution in [3.63, 3.8) is 0 Å². The van der Waals surface area contributed by atoms with Crippen LogP contribution in [0.25, 0.3) is 0 Å². The molecule has 9 heteroatoms. The minimum Gasteiger partial charge on any atom is -0.444 e. The van der Waals surface area contributed by atoms with E-state index in [1.54, 1.807) is 16.0 Å². The maximum Gasteiger partial charge on any atom is 0.410 e. The quantitative estimate of drug-likeness (QED) is 0.312. The Kier molecular flexibility index (Phi) is 9.15. The predicted molar refractivity (Wildman–Crippen MR) is 143 cm³/mol. The molecule has 34 heavy (non-hydrogen) atoms. The highest BCUT2D eigenvalue weighted by Gasteiger charge is 2.45. The van der Waals surface area contributed by atoms with E-state index >= 15 is 0 Å². The van der Waals surface area contributed by atoms with E-state index in [1.807, 2.05) is 45.1 Å². The molecular weight excluding hydrogens is 514 g/mol. The summed E-state index contributed by atoms with van der Waals surface area (Å²) in [6, 6.07) is 3.39. The second-order valence-corrected chi connectivity index (χ2v) is 16.8. The first kappa shape index (κ1) is 28.5. The second-order valence-electron chi connectivity index (χ2n) is 11.2. The predicted octanol–water partition coefficient (Wildman–Crippen LogP) is 6.15. The van der Waals surface area contributed by atoms with Gasteiger partial charge in [-0.05, 0) is 73.4 Å². The van der Waals surface area contributed by atoms with Crippen LogP contribution in [0.1, 0.15) is 54.9 Å². The molecular formula is C25H40BrN3O4Si. The fourth-order valence-electron chi connectivity index (χ4n) is 3.48. The molecule has 1 aliphatic rings. The monoisotopic (exact) mass is 553 g/mol. The minimum absolute atomic E-state index is 0.0529. The maximum atomic E-state index is 13.0. The average Bonchev–Trinajstić information content (AvgIpc) is 3.05. The van der Waals surface area contributed by atoms with Gasteiger partial charge in [-0.25, -0.2) is 9.78 Å². The van der Waals surface area contributed by atoms with Gasteiger partial charge in [-0.15, -0.1) is 0 Å². The molecule has 1 saturated heterocycles. The molecule has 7 nitrogen and oxygen atoms in total. The van der Waals surface area contributed by atoms with Crippen molar-refractivity contribution in [2.75, 3.05) is 18.0 Å². The summed E-state index contributed by atoms with van der Waals surface area (Å²) in [4.78, 5) is 33.0. The summed E-state index contributed by atoms with van der Waals surface area (Å²) in [5.74, 6) is 0.442. The van der Waals surface area contributed by atoms with Gasteiger partial charge in [-0.1, -0.05) is 32.9 Å². The zero-order chi connectivity index (χ0) is 25.9. The van der Waals surface area contributed by atoms with E-state index in [0.717, 1.165) is 10.9 Å². The van der Waals surface area contributed by atoms with E-state index in [2.05, 4.69) is 54.8 Å². The van der Waals surface area contributed by atoms with Crippen molar-refractivity contribution in [2.45, 2.75) is 90.8 Å². The summed E-state index contributed by atoms with van der Waals surface area (Å²) in [5.41, 5.74) is -0.583. The van der Waals surface area contributed by atoms with Crippen molar-refractivity contribution in [1.82, 2.24) is 9.88 Å². The second kappa shape index (κ2) is 10.9. The van der Waals surface area contributed by atoms with Crippen LogP contribution in [0.5, 0.6) is 0 Å². The number of carbonyl (C=O) groups excluding carboxylic acids is 2. The Bertz CT molecular complexity index is 908. The minimum atomic E-state index is -2.06. The number of pyridine rings is 1. The summed E-state index contributed by atoms with van der Waals surface area (Å²) in [6.45, 7) is 19.1. The van der Waals surface area contributed by atoms with Gasteiger partial charge >= 0.3 is 6.09 Å². The van der Waals surface area contributed by atoms with Crippen LogP contribution in [0.3, 0.4) is 0 Å². The number of likely N-dealkylation sites (tertiary alicyclic amines) is 1. The molecule has 2 amide bonds. The summed E-state index contributed by atoms with van der Waals surface area (Å²) < 4.78 is 13.2. The first-order valence-corrected chi connectivity index (χ1v) is 15.5. The number of aromatic nitrogens is 1. The van der Waals surface area contributed by atoms with Crippen LogP contribution < -0.4 is 4.90 Å². The molecule has 1 fully saturated rings. The van der Waals surface area contributed by atoms with Gasteiger partial charge < -0.3 is 9.16 Å². The molecule has 0 radical (unpaired) electrons. The highest BCUT2D eigenvalue weighted by atomic mass is 79.9. The SMILES string of the molecule is CC(=O)N(CC=CC1C(O[Si](C)(C)C(C)(C)C)CCN1C(=O)OC(C)(C)C)c1ncccc1Br. The van der Waals surface area contributed by atoms with Crippen LogP contribution in [0.4, 0.5) is 10.6 Å². The highest BCUT2D eigenvalue weighted by molar-refractivity contribution is 9.10. The van der Waals surface area contributed by atoms with Crippen molar-refractivity contribution < 1.29 is 18.8 Å². The molecule has 1 aromatic heterocycles. The van der Waals surface area contributed by atoms with E-state index in [1.165, 1.54) is 6.92 Å². The van der Waals surface area contributed by atoms with Gasteiger partial charge in [0.05, 0.1) is 16.6 Å². The average molecular weight is 555 g/mol. The largest absolute Gasteiger partial charge is 0.444 e. The van der Waals surface area contributed by atoms with Crippen molar-refractivity contribution in [1.29, 1.82) is 0 Å². The van der Waals surface area contributed by atoms with Crippen molar-refractivity contribution >= 4 is 42.1 Å². The molecule has 2 unspecified atom stereocenters. The molecule has 2 rings (SSSR count). The fraction of sp³-hybridized carbons (Fsp3) is 0.640. The Morgan fingerprint density at radius 2 is 1.91 bits per heavy atom. The Morgan fingerprint density at radius 1 is 1.26 bits per heavy atom. The molecule has 190 valence electrons. The van der Waals surface area contributed by atoms with Crippen molar-refractivity contribution in [3.8, 4) is 0 Å². The van der Waals surface area contributed by atoms with Gasteiger partial charge in [0.25, 0.3) is 0 Å². The summed E-state index contributed by atoms with van der Waals surface area (Å²) in [5, 5.41) is 0.0529. The number of rotatable bonds is 6. The number of amides is 2. The lowest BCUT2D eigenvalue weighted by Gasteiger charge is -2.40. The van der Waals surface area contributed by atoms with Crippen molar-refractivity contribution in [2.24, 2.45) is 0 Å². The highest BCUT2D eigenvalue weighted by Crippen LogP contribution is 2.39. The number of anilines is 1. The number of hydrogen-bond acceptors (Lipinski definition) is 5.